The van der Waals surface area contributed by atoms with E-state index in [9.17, 15) is 12.8 Å². The molecule has 2 aromatic heterocycles. The second-order valence-corrected chi connectivity index (χ2v) is 10.8. The predicted molar refractivity (Wildman–Crippen MR) is 112 cm³/mol. The molecule has 0 radical (unpaired) electrons. The minimum Gasteiger partial charge on any atom is -0.381 e. The van der Waals surface area contributed by atoms with Crippen LogP contribution in [0, 0.1) is 11.9 Å². The Kier molecular flexibility index (Phi) is 5.40. The van der Waals surface area contributed by atoms with Crippen molar-refractivity contribution in [2.24, 2.45) is 5.92 Å². The minimum atomic E-state index is -3.86. The average molecular weight is 432 g/mol. The van der Waals surface area contributed by atoms with E-state index in [1.807, 2.05) is 0 Å². The van der Waals surface area contributed by atoms with Gasteiger partial charge >= 0.3 is 0 Å². The summed E-state index contributed by atoms with van der Waals surface area (Å²) >= 11 is 0. The molecule has 3 aromatic rings. The van der Waals surface area contributed by atoms with E-state index in [2.05, 4.69) is 30.3 Å². The first-order chi connectivity index (χ1) is 14.2. The Balaban J connectivity index is 1.80. The Hall–Kier alpha value is -2.32. The molecule has 4 rings (SSSR count). The van der Waals surface area contributed by atoms with Crippen molar-refractivity contribution in [2.45, 2.75) is 55.4 Å². The molecule has 0 aliphatic carbocycles. The van der Waals surface area contributed by atoms with Gasteiger partial charge in [-0.3, -0.25) is 0 Å². The van der Waals surface area contributed by atoms with E-state index >= 15 is 0 Å². The monoisotopic (exact) mass is 431 g/mol. The Morgan fingerprint density at radius 1 is 1.13 bits per heavy atom. The van der Waals surface area contributed by atoms with Crippen molar-refractivity contribution in [1.29, 1.82) is 0 Å². The maximum absolute atomic E-state index is 13.5. The Morgan fingerprint density at radius 3 is 2.50 bits per heavy atom. The number of hydrogen-bond acceptors (Lipinski definition) is 5. The fourth-order valence-corrected chi connectivity index (χ4v) is 5.19. The lowest BCUT2D eigenvalue weighted by atomic mass is 9.94. The van der Waals surface area contributed by atoms with Gasteiger partial charge in [0.25, 0.3) is 0 Å². The minimum absolute atomic E-state index is 0.0942. The van der Waals surface area contributed by atoms with Gasteiger partial charge in [-0.15, -0.1) is 0 Å². The Bertz CT molecular complexity index is 1180. The molecule has 1 aliphatic rings. The van der Waals surface area contributed by atoms with Gasteiger partial charge in [0.2, 0.25) is 15.8 Å². The van der Waals surface area contributed by atoms with Gasteiger partial charge in [-0.25, -0.2) is 18.4 Å². The maximum Gasteiger partial charge on any atom is 0.214 e. The first kappa shape index (κ1) is 20.9. The zero-order chi connectivity index (χ0) is 21.5. The fourth-order valence-electron chi connectivity index (χ4n) is 3.91. The Morgan fingerprint density at radius 2 is 1.83 bits per heavy atom. The molecule has 0 amide bonds. The van der Waals surface area contributed by atoms with Gasteiger partial charge in [0.05, 0.1) is 20.8 Å². The van der Waals surface area contributed by atoms with Gasteiger partial charge in [0, 0.05) is 37.4 Å². The van der Waals surface area contributed by atoms with Gasteiger partial charge in [-0.2, -0.15) is 4.39 Å². The number of nitrogens with zero attached hydrogens (tertiary/aromatic N) is 3. The number of benzene rings is 1. The number of aromatic nitrogens is 3. The summed E-state index contributed by atoms with van der Waals surface area (Å²) in [6, 6.07) is 7.20. The van der Waals surface area contributed by atoms with E-state index in [4.69, 9.17) is 9.72 Å². The lowest BCUT2D eigenvalue weighted by molar-refractivity contribution is 0.0611. The molecule has 8 heteroatoms. The van der Waals surface area contributed by atoms with Crippen LogP contribution < -0.4 is 0 Å². The van der Waals surface area contributed by atoms with Gasteiger partial charge in [-0.1, -0.05) is 20.8 Å². The van der Waals surface area contributed by atoms with Crippen LogP contribution in [0.25, 0.3) is 11.0 Å². The molecule has 0 saturated carbocycles. The zero-order valence-electron chi connectivity index (χ0n) is 17.4. The van der Waals surface area contributed by atoms with E-state index in [0.29, 0.717) is 11.4 Å². The lowest BCUT2D eigenvalue weighted by Gasteiger charge is -2.26. The highest BCUT2D eigenvalue weighted by atomic mass is 32.2. The fraction of sp³-hybridized carbons (Fsp3) is 0.455. The van der Waals surface area contributed by atoms with E-state index in [1.54, 1.807) is 18.2 Å². The predicted octanol–water partition coefficient (Wildman–Crippen LogP) is 4.13. The molecular formula is C22H26FN3O3S. The van der Waals surface area contributed by atoms with Gasteiger partial charge < -0.3 is 9.30 Å². The number of rotatable bonds is 4. The number of sulfone groups is 1. The van der Waals surface area contributed by atoms with Crippen LogP contribution in [0.15, 0.2) is 46.3 Å². The first-order valence-corrected chi connectivity index (χ1v) is 11.6. The summed E-state index contributed by atoms with van der Waals surface area (Å²) in [6.07, 6.45) is 3.16. The summed E-state index contributed by atoms with van der Waals surface area (Å²) in [7, 11) is -3.86. The normalized spacial score (nSPS) is 16.3. The molecule has 1 saturated heterocycles. The summed E-state index contributed by atoms with van der Waals surface area (Å²) < 4.78 is 47.2. The highest BCUT2D eigenvalue weighted by Crippen LogP contribution is 2.31. The van der Waals surface area contributed by atoms with Crippen molar-refractivity contribution < 1.29 is 17.5 Å². The third-order valence-corrected chi connectivity index (χ3v) is 7.24. The number of hydrogen-bond donors (Lipinski definition) is 0. The molecule has 0 bridgehead atoms. The van der Waals surface area contributed by atoms with E-state index < -0.39 is 15.8 Å². The summed E-state index contributed by atoms with van der Waals surface area (Å²) in [6.45, 7) is 8.68. The molecule has 1 aromatic carbocycles. The van der Waals surface area contributed by atoms with Crippen molar-refractivity contribution in [3.05, 3.63) is 48.3 Å². The molecule has 160 valence electrons. The summed E-state index contributed by atoms with van der Waals surface area (Å²) in [5.74, 6) is 0.599. The molecule has 1 aliphatic heterocycles. The summed E-state index contributed by atoms with van der Waals surface area (Å²) in [5.41, 5.74) is 1.34. The molecule has 30 heavy (non-hydrogen) atoms. The highest BCUT2D eigenvalue weighted by molar-refractivity contribution is 7.91. The molecule has 0 N–H and O–H groups in total. The largest absolute Gasteiger partial charge is 0.381 e. The number of pyridine rings is 1. The third-order valence-electron chi connectivity index (χ3n) is 5.49. The number of halogens is 1. The average Bonchev–Trinajstić information content (AvgIpc) is 3.07. The van der Waals surface area contributed by atoms with Crippen molar-refractivity contribution in [3.8, 4) is 0 Å². The van der Waals surface area contributed by atoms with Crippen LogP contribution in [0.5, 0.6) is 0 Å². The lowest BCUT2D eigenvalue weighted by Crippen LogP contribution is -2.25. The SMILES string of the molecule is CC(C)(C)c1nc2cc(S(=O)(=O)c3ccnc(F)c3)ccc2n1CC1CCOCC1. The molecule has 3 heterocycles. The van der Waals surface area contributed by atoms with Crippen molar-refractivity contribution in [3.63, 3.8) is 0 Å². The summed E-state index contributed by atoms with van der Waals surface area (Å²) in [5, 5.41) is 0. The van der Waals surface area contributed by atoms with Crippen LogP contribution in [-0.4, -0.2) is 36.2 Å². The molecule has 0 atom stereocenters. The van der Waals surface area contributed by atoms with Gasteiger partial charge in [0.1, 0.15) is 5.82 Å². The van der Waals surface area contributed by atoms with Crippen LogP contribution in [0.1, 0.15) is 39.4 Å². The standard InChI is InChI=1S/C22H26FN3O3S/c1-22(2,3)21-25-18-12-16(30(27,28)17-6-9-24-20(23)13-17)4-5-19(18)26(21)14-15-7-10-29-11-8-15/h4-6,9,12-13,15H,7-8,10-11,14H2,1-3H3. The number of fused-ring (bicyclic) bond motifs is 1. The van der Waals surface area contributed by atoms with Crippen LogP contribution in [0.3, 0.4) is 0 Å². The second kappa shape index (κ2) is 7.74. The molecule has 0 spiro atoms. The molecule has 0 unspecified atom stereocenters. The van der Waals surface area contributed by atoms with Crippen LogP contribution in [-0.2, 0) is 26.5 Å². The van der Waals surface area contributed by atoms with E-state index in [-0.39, 0.29) is 15.2 Å². The third kappa shape index (κ3) is 3.98. The van der Waals surface area contributed by atoms with Crippen molar-refractivity contribution in [2.75, 3.05) is 13.2 Å². The molecular weight excluding hydrogens is 405 g/mol. The zero-order valence-corrected chi connectivity index (χ0v) is 18.2. The molecule has 1 fully saturated rings. The quantitative estimate of drug-likeness (QED) is 0.581. The van der Waals surface area contributed by atoms with Crippen LogP contribution in [0.4, 0.5) is 4.39 Å². The van der Waals surface area contributed by atoms with Crippen molar-refractivity contribution >= 4 is 20.9 Å². The van der Waals surface area contributed by atoms with E-state index in [1.165, 1.54) is 6.07 Å². The number of ether oxygens (including phenoxy) is 1. The Labute approximate surface area is 176 Å². The summed E-state index contributed by atoms with van der Waals surface area (Å²) in [4.78, 5) is 8.23. The number of imidazole rings is 1. The van der Waals surface area contributed by atoms with Crippen LogP contribution in [0.2, 0.25) is 0 Å². The van der Waals surface area contributed by atoms with Crippen LogP contribution >= 0.6 is 0 Å². The van der Waals surface area contributed by atoms with E-state index in [0.717, 1.165) is 56.2 Å². The first-order valence-electron chi connectivity index (χ1n) is 10.1. The molecule has 6 nitrogen and oxygen atoms in total. The van der Waals surface area contributed by atoms with Crippen molar-refractivity contribution in [1.82, 2.24) is 14.5 Å². The topological polar surface area (TPSA) is 74.1 Å². The maximum atomic E-state index is 13.5. The highest BCUT2D eigenvalue weighted by Gasteiger charge is 2.27. The van der Waals surface area contributed by atoms with Gasteiger partial charge in [0.15, 0.2) is 0 Å². The smallest absolute Gasteiger partial charge is 0.214 e. The van der Waals surface area contributed by atoms with Gasteiger partial charge in [-0.05, 0) is 43.0 Å². The second-order valence-electron chi connectivity index (χ2n) is 8.82.